The molecule has 0 amide bonds. The van der Waals surface area contributed by atoms with Crippen LogP contribution in [0.3, 0.4) is 0 Å². The van der Waals surface area contributed by atoms with Crippen LogP contribution < -0.4 is 4.74 Å². The zero-order valence-electron chi connectivity index (χ0n) is 21.1. The van der Waals surface area contributed by atoms with E-state index in [4.69, 9.17) is 9.84 Å². The number of allylic oxidation sites excluding steroid dienone is 1. The average molecular weight is 487 g/mol. The third kappa shape index (κ3) is 5.57. The van der Waals surface area contributed by atoms with Crippen molar-refractivity contribution in [1.82, 2.24) is 0 Å². The summed E-state index contributed by atoms with van der Waals surface area (Å²) in [6.07, 6.45) is 7.42. The molecule has 5 rings (SSSR count). The Hall–Kier alpha value is -4.37. The van der Waals surface area contributed by atoms with Crippen LogP contribution in [0.15, 0.2) is 103 Å². The van der Waals surface area contributed by atoms with Gasteiger partial charge in [-0.25, -0.2) is 4.79 Å². The van der Waals surface area contributed by atoms with Crippen molar-refractivity contribution in [2.24, 2.45) is 0 Å². The smallest absolute Gasteiger partial charge is 0.335 e. The molecule has 184 valence electrons. The topological polar surface area (TPSA) is 46.5 Å². The summed E-state index contributed by atoms with van der Waals surface area (Å²) in [7, 11) is 0. The van der Waals surface area contributed by atoms with Crippen LogP contribution in [0.2, 0.25) is 0 Å². The van der Waals surface area contributed by atoms with Crippen LogP contribution in [-0.4, -0.2) is 11.1 Å². The molecule has 3 nitrogen and oxygen atoms in total. The molecule has 0 spiro atoms. The quantitative estimate of drug-likeness (QED) is 0.268. The summed E-state index contributed by atoms with van der Waals surface area (Å²) in [5.74, 6) is -0.0573. The highest BCUT2D eigenvalue weighted by atomic mass is 16.5. The van der Waals surface area contributed by atoms with Gasteiger partial charge in [0, 0.05) is 0 Å². The van der Waals surface area contributed by atoms with Crippen LogP contribution >= 0.6 is 0 Å². The largest absolute Gasteiger partial charge is 0.489 e. The van der Waals surface area contributed by atoms with Gasteiger partial charge in [-0.05, 0) is 81.1 Å². The van der Waals surface area contributed by atoms with Gasteiger partial charge in [-0.3, -0.25) is 0 Å². The number of hydrogen-bond acceptors (Lipinski definition) is 2. The summed E-state index contributed by atoms with van der Waals surface area (Å²) in [6.45, 7) is 5.13. The van der Waals surface area contributed by atoms with Crippen LogP contribution in [-0.2, 0) is 12.0 Å². The Kier molecular flexibility index (Phi) is 6.78. The molecule has 4 aromatic carbocycles. The molecule has 0 saturated carbocycles. The molecule has 0 radical (unpaired) electrons. The molecule has 0 bridgehead atoms. The summed E-state index contributed by atoms with van der Waals surface area (Å²) in [5.41, 5.74) is 8.58. The first-order valence-corrected chi connectivity index (χ1v) is 12.5. The zero-order chi connectivity index (χ0) is 25.8. The first-order chi connectivity index (χ1) is 17.9. The lowest BCUT2D eigenvalue weighted by Crippen LogP contribution is -2.21. The van der Waals surface area contributed by atoms with Gasteiger partial charge < -0.3 is 9.84 Å². The van der Waals surface area contributed by atoms with Crippen molar-refractivity contribution >= 4 is 23.7 Å². The minimum atomic E-state index is -0.914. The Morgan fingerprint density at radius 3 is 2.24 bits per heavy atom. The van der Waals surface area contributed by atoms with E-state index in [9.17, 15) is 4.79 Å². The van der Waals surface area contributed by atoms with E-state index in [-0.39, 0.29) is 5.41 Å². The number of carbonyl (C=O) groups is 1. The van der Waals surface area contributed by atoms with Gasteiger partial charge >= 0.3 is 5.97 Å². The van der Waals surface area contributed by atoms with Crippen LogP contribution in [0.5, 0.6) is 5.75 Å². The van der Waals surface area contributed by atoms with E-state index in [1.807, 2.05) is 48.5 Å². The van der Waals surface area contributed by atoms with Crippen molar-refractivity contribution in [1.29, 1.82) is 0 Å². The summed E-state index contributed by atoms with van der Waals surface area (Å²) in [5, 5.41) is 9.12. The number of rotatable bonds is 7. The van der Waals surface area contributed by atoms with Gasteiger partial charge in [0.05, 0.1) is 5.56 Å². The van der Waals surface area contributed by atoms with E-state index < -0.39 is 5.97 Å². The summed E-state index contributed by atoms with van der Waals surface area (Å²) < 4.78 is 5.99. The van der Waals surface area contributed by atoms with Crippen molar-refractivity contribution in [2.45, 2.75) is 32.3 Å². The molecule has 0 aromatic heterocycles. The number of fused-ring (bicyclic) bond motifs is 1. The first-order valence-electron chi connectivity index (χ1n) is 12.5. The second-order valence-corrected chi connectivity index (χ2v) is 10.1. The SMILES string of the molecule is CC1(C)CC=C(c2ccc(OCc3ccccc3)cc2)c2cc(/C=C/c3ccc(C(=O)O)cc3)ccc21. The Bertz CT molecular complexity index is 1460. The van der Waals surface area contributed by atoms with Gasteiger partial charge in [0.15, 0.2) is 0 Å². The number of ether oxygens (including phenoxy) is 1. The van der Waals surface area contributed by atoms with Gasteiger partial charge in [-0.15, -0.1) is 0 Å². The average Bonchev–Trinajstić information content (AvgIpc) is 2.92. The van der Waals surface area contributed by atoms with E-state index >= 15 is 0 Å². The van der Waals surface area contributed by atoms with Crippen molar-refractivity contribution in [2.75, 3.05) is 0 Å². The fraction of sp³-hybridized carbons (Fsp3) is 0.147. The third-order valence-electron chi connectivity index (χ3n) is 6.92. The standard InChI is InChI=1S/C34H30O3/c1-34(2)21-20-30(27-15-17-29(18-16-27)37-23-26-6-4-3-5-7-26)31-22-25(12-19-32(31)34)9-8-24-10-13-28(14-11-24)33(35)36/h3-20,22H,21,23H2,1-2H3,(H,35,36)/b9-8+. The molecule has 1 aliphatic rings. The number of benzene rings is 4. The molecule has 1 N–H and O–H groups in total. The summed E-state index contributed by atoms with van der Waals surface area (Å²) >= 11 is 0. The molecule has 0 atom stereocenters. The molecular weight excluding hydrogens is 456 g/mol. The van der Waals surface area contributed by atoms with Crippen LogP contribution in [0.1, 0.15) is 64.0 Å². The highest BCUT2D eigenvalue weighted by Crippen LogP contribution is 2.42. The van der Waals surface area contributed by atoms with Gasteiger partial charge in [-0.1, -0.05) is 98.8 Å². The highest BCUT2D eigenvalue weighted by molar-refractivity contribution is 5.88. The molecule has 3 heteroatoms. The number of carboxylic acid groups (broad SMARTS) is 1. The van der Waals surface area contributed by atoms with Crippen LogP contribution in [0.4, 0.5) is 0 Å². The van der Waals surface area contributed by atoms with Gasteiger partial charge in [0.2, 0.25) is 0 Å². The van der Waals surface area contributed by atoms with E-state index in [1.54, 1.807) is 12.1 Å². The van der Waals surface area contributed by atoms with Crippen LogP contribution in [0, 0.1) is 0 Å². The fourth-order valence-electron chi connectivity index (χ4n) is 4.73. The van der Waals surface area contributed by atoms with Gasteiger partial charge in [0.1, 0.15) is 12.4 Å². The van der Waals surface area contributed by atoms with E-state index in [0.29, 0.717) is 12.2 Å². The number of carboxylic acids is 1. The van der Waals surface area contributed by atoms with Crippen LogP contribution in [0.25, 0.3) is 17.7 Å². The molecule has 0 saturated heterocycles. The fourth-order valence-corrected chi connectivity index (χ4v) is 4.73. The minimum absolute atomic E-state index is 0.0620. The minimum Gasteiger partial charge on any atom is -0.489 e. The highest BCUT2D eigenvalue weighted by Gasteiger charge is 2.28. The normalized spacial score (nSPS) is 14.2. The Morgan fingerprint density at radius 1 is 0.865 bits per heavy atom. The molecule has 37 heavy (non-hydrogen) atoms. The molecule has 0 unspecified atom stereocenters. The van der Waals surface area contributed by atoms with Gasteiger partial charge in [0.25, 0.3) is 0 Å². The Labute approximate surface area is 218 Å². The molecule has 0 fully saturated rings. The molecule has 1 aliphatic carbocycles. The summed E-state index contributed by atoms with van der Waals surface area (Å²) in [6, 6.07) is 32.1. The number of aromatic carboxylic acids is 1. The lowest BCUT2D eigenvalue weighted by Gasteiger charge is -2.32. The maximum absolute atomic E-state index is 11.1. The van der Waals surface area contributed by atoms with Crippen molar-refractivity contribution in [3.63, 3.8) is 0 Å². The lowest BCUT2D eigenvalue weighted by molar-refractivity contribution is 0.0697. The first kappa shape index (κ1) is 24.3. The molecular formula is C34H30O3. The van der Waals surface area contributed by atoms with E-state index in [0.717, 1.165) is 28.9 Å². The Balaban J connectivity index is 1.38. The van der Waals surface area contributed by atoms with Crippen molar-refractivity contribution in [3.8, 4) is 5.75 Å². The number of hydrogen-bond donors (Lipinski definition) is 1. The van der Waals surface area contributed by atoms with Crippen molar-refractivity contribution < 1.29 is 14.6 Å². The van der Waals surface area contributed by atoms with E-state index in [2.05, 4.69) is 68.5 Å². The predicted octanol–water partition coefficient (Wildman–Crippen LogP) is 8.25. The summed E-state index contributed by atoms with van der Waals surface area (Å²) in [4.78, 5) is 11.1. The molecule has 4 aromatic rings. The molecule has 0 heterocycles. The predicted molar refractivity (Wildman–Crippen MR) is 151 cm³/mol. The van der Waals surface area contributed by atoms with Gasteiger partial charge in [-0.2, -0.15) is 0 Å². The Morgan fingerprint density at radius 2 is 1.54 bits per heavy atom. The molecule has 0 aliphatic heterocycles. The lowest BCUT2D eigenvalue weighted by atomic mass is 9.72. The monoisotopic (exact) mass is 486 g/mol. The zero-order valence-corrected chi connectivity index (χ0v) is 21.1. The van der Waals surface area contributed by atoms with E-state index in [1.165, 1.54) is 22.3 Å². The third-order valence-corrected chi connectivity index (χ3v) is 6.92. The second-order valence-electron chi connectivity index (χ2n) is 10.1. The maximum atomic E-state index is 11.1. The second kappa shape index (κ2) is 10.3. The maximum Gasteiger partial charge on any atom is 0.335 e. The van der Waals surface area contributed by atoms with Crippen molar-refractivity contribution in [3.05, 3.63) is 142 Å².